The monoisotopic (exact) mass is 1100 g/mol. The zero-order chi connectivity index (χ0) is 60.7. The van der Waals surface area contributed by atoms with Gasteiger partial charge in [-0.05, 0) is 183 Å². The molecule has 5 heteroatoms. The van der Waals surface area contributed by atoms with Crippen molar-refractivity contribution in [2.75, 3.05) is 9.80 Å². The van der Waals surface area contributed by atoms with Gasteiger partial charge in [0.05, 0.1) is 11.4 Å². The molecule has 0 saturated carbocycles. The number of benzene rings is 7. The second-order valence-electron chi connectivity index (χ2n) is 32.7. The van der Waals surface area contributed by atoms with Crippen LogP contribution in [-0.4, -0.2) is 16.7 Å². The molecule has 3 heterocycles. The Balaban J connectivity index is 1.37. The molecule has 0 amide bonds. The zero-order valence-electron chi connectivity index (χ0n) is 55.1. The minimum Gasteiger partial charge on any atom is -0.311 e. The highest BCUT2D eigenvalue weighted by Gasteiger charge is 2.45. The molecule has 0 aliphatic carbocycles. The summed E-state index contributed by atoms with van der Waals surface area (Å²) in [5.41, 5.74) is 25.7. The summed E-state index contributed by atoms with van der Waals surface area (Å²) in [6.07, 6.45) is 0. The quantitative estimate of drug-likeness (QED) is 0.161. The minimum absolute atomic E-state index is 0.00977. The van der Waals surface area contributed by atoms with Gasteiger partial charge in [0.25, 0.3) is 6.71 Å². The molecule has 0 saturated heterocycles. The first-order chi connectivity index (χ1) is 38.2. The van der Waals surface area contributed by atoms with Gasteiger partial charge in [-0.1, -0.05) is 227 Å². The van der Waals surface area contributed by atoms with Crippen molar-refractivity contribution < 1.29 is 0 Å². The maximum absolute atomic E-state index is 5.84. The molecule has 4 nitrogen and oxygen atoms in total. The molecular weight excluding hydrogens is 1000 g/mol. The first-order valence-corrected chi connectivity index (χ1v) is 30.7. The van der Waals surface area contributed by atoms with Crippen LogP contribution >= 0.6 is 0 Å². The summed E-state index contributed by atoms with van der Waals surface area (Å²) in [5.74, 6) is 0.723. The molecule has 0 spiro atoms. The van der Waals surface area contributed by atoms with Gasteiger partial charge in [-0.3, -0.25) is 0 Å². The molecule has 2 aliphatic rings. The minimum atomic E-state index is -0.103. The van der Waals surface area contributed by atoms with Crippen LogP contribution in [-0.2, 0) is 43.3 Å². The van der Waals surface area contributed by atoms with E-state index in [9.17, 15) is 0 Å². The Labute approximate surface area is 501 Å². The summed E-state index contributed by atoms with van der Waals surface area (Å²) in [4.78, 5) is 16.7. The number of hydrogen-bond acceptors (Lipinski definition) is 4. The van der Waals surface area contributed by atoms with E-state index in [2.05, 4.69) is 315 Å². The first-order valence-electron chi connectivity index (χ1n) is 30.7. The second kappa shape index (κ2) is 20.0. The summed E-state index contributed by atoms with van der Waals surface area (Å²) in [5, 5.41) is 0. The van der Waals surface area contributed by atoms with E-state index >= 15 is 0 Å². The van der Waals surface area contributed by atoms with E-state index < -0.39 is 0 Å². The van der Waals surface area contributed by atoms with E-state index in [1.807, 2.05) is 0 Å². The lowest BCUT2D eigenvalue weighted by molar-refractivity contribution is 0.568. The molecule has 0 fully saturated rings. The van der Waals surface area contributed by atoms with Crippen LogP contribution in [0.4, 0.5) is 34.1 Å². The lowest BCUT2D eigenvalue weighted by Gasteiger charge is -2.45. The molecule has 430 valence electrons. The summed E-state index contributed by atoms with van der Waals surface area (Å²) >= 11 is 0. The van der Waals surface area contributed by atoms with Crippen LogP contribution in [0.5, 0.6) is 0 Å². The molecule has 0 unspecified atom stereocenters. The molecule has 7 aromatic carbocycles. The number of nitrogens with zero attached hydrogens (tertiary/aromatic N) is 4. The number of anilines is 6. The topological polar surface area (TPSA) is 32.3 Å². The summed E-state index contributed by atoms with van der Waals surface area (Å²) in [7, 11) is 0. The van der Waals surface area contributed by atoms with Gasteiger partial charge in [0, 0.05) is 50.8 Å². The average Bonchev–Trinajstić information content (AvgIpc) is 0.821. The van der Waals surface area contributed by atoms with Crippen molar-refractivity contribution in [2.45, 2.75) is 209 Å². The molecule has 83 heavy (non-hydrogen) atoms. The fourth-order valence-electron chi connectivity index (χ4n) is 12.0. The fraction of sp³-hybridized carbons (Fsp3) is 0.410. The maximum Gasteiger partial charge on any atom is 0.252 e. The number of hydrogen-bond donors (Lipinski definition) is 0. The van der Waals surface area contributed by atoms with E-state index in [4.69, 9.17) is 9.97 Å². The van der Waals surface area contributed by atoms with E-state index in [0.29, 0.717) is 0 Å². The molecule has 0 radical (unpaired) electrons. The van der Waals surface area contributed by atoms with Crippen molar-refractivity contribution in [3.05, 3.63) is 184 Å². The van der Waals surface area contributed by atoms with Crippen molar-refractivity contribution in [1.29, 1.82) is 0 Å². The van der Waals surface area contributed by atoms with Gasteiger partial charge in [-0.2, -0.15) is 0 Å². The number of rotatable bonds is 5. The molecule has 10 rings (SSSR count). The summed E-state index contributed by atoms with van der Waals surface area (Å²) in [6, 6.07) is 54.9. The largest absolute Gasteiger partial charge is 0.311 e. The highest BCUT2D eigenvalue weighted by molar-refractivity contribution is 7.00. The summed E-state index contributed by atoms with van der Waals surface area (Å²) in [6.45, 7) is 55.6. The predicted molar refractivity (Wildman–Crippen MR) is 362 cm³/mol. The van der Waals surface area contributed by atoms with E-state index in [1.165, 1.54) is 72.3 Å². The average molecular weight is 1100 g/mol. The fourth-order valence-corrected chi connectivity index (χ4v) is 12.0. The Morgan fingerprint density at radius 3 is 0.867 bits per heavy atom. The highest BCUT2D eigenvalue weighted by Crippen LogP contribution is 2.48. The Kier molecular flexibility index (Phi) is 14.3. The lowest BCUT2D eigenvalue weighted by Crippen LogP contribution is -2.61. The van der Waals surface area contributed by atoms with Crippen molar-refractivity contribution >= 4 is 57.2 Å². The third-order valence-electron chi connectivity index (χ3n) is 17.7. The van der Waals surface area contributed by atoms with Crippen LogP contribution in [0.3, 0.4) is 0 Å². The molecule has 0 bridgehead atoms. The van der Waals surface area contributed by atoms with Crippen molar-refractivity contribution in [3.63, 3.8) is 0 Å². The van der Waals surface area contributed by atoms with Crippen LogP contribution < -0.4 is 26.2 Å². The van der Waals surface area contributed by atoms with Crippen molar-refractivity contribution in [1.82, 2.24) is 9.97 Å². The van der Waals surface area contributed by atoms with Gasteiger partial charge in [0.15, 0.2) is 5.82 Å². The Bertz CT molecular complexity index is 3490. The molecule has 0 atom stereocenters. The zero-order valence-corrected chi connectivity index (χ0v) is 55.1. The van der Waals surface area contributed by atoms with Gasteiger partial charge >= 0.3 is 0 Å². The standard InChI is InChI=1S/C78H95BN4/c1-71(2,3)51-25-31-59(32-26-51)82-65-35-29-53(73(7,8)9)45-61(65)79-62-46-54(74(10,11)12)30-36-66(62)83(60-33-27-52(28-34-60)72(4,5)6)68-42-49(41-67(82)69(68)79)64-47-63(48-37-55(75(13,14)15)43-56(38-48)76(16,17)18)80-70(81-64)50-39-57(77(19,20)21)44-58(40-50)78(22,23)24/h25-47H,1-24H3. The van der Waals surface area contributed by atoms with Crippen LogP contribution in [0.2, 0.25) is 0 Å². The second-order valence-corrected chi connectivity index (χ2v) is 32.7. The van der Waals surface area contributed by atoms with E-state index in [-0.39, 0.29) is 50.0 Å². The number of fused-ring (bicyclic) bond motifs is 4. The Morgan fingerprint density at radius 2 is 0.554 bits per heavy atom. The molecule has 1 aromatic heterocycles. The van der Waals surface area contributed by atoms with Gasteiger partial charge in [0.2, 0.25) is 0 Å². The Hall–Kier alpha value is -6.72. The molecule has 0 N–H and O–H groups in total. The third-order valence-corrected chi connectivity index (χ3v) is 17.7. The van der Waals surface area contributed by atoms with Crippen molar-refractivity contribution in [3.8, 4) is 33.9 Å². The molecule has 8 aromatic rings. The van der Waals surface area contributed by atoms with Crippen LogP contribution in [0.1, 0.15) is 211 Å². The lowest BCUT2D eigenvalue weighted by atomic mass is 9.33. The van der Waals surface area contributed by atoms with Gasteiger partial charge in [-0.25, -0.2) is 9.97 Å². The smallest absolute Gasteiger partial charge is 0.252 e. The van der Waals surface area contributed by atoms with Gasteiger partial charge in [0.1, 0.15) is 0 Å². The molecular formula is C78H95BN4. The Morgan fingerprint density at radius 1 is 0.265 bits per heavy atom. The van der Waals surface area contributed by atoms with E-state index in [1.54, 1.807) is 0 Å². The predicted octanol–water partition coefficient (Wildman–Crippen LogP) is 19.9. The van der Waals surface area contributed by atoms with Crippen LogP contribution in [0, 0.1) is 0 Å². The maximum atomic E-state index is 5.84. The molecule has 2 aliphatic heterocycles. The normalized spacial score (nSPS) is 14.2. The van der Waals surface area contributed by atoms with Gasteiger partial charge in [-0.15, -0.1) is 0 Å². The van der Waals surface area contributed by atoms with Crippen LogP contribution in [0.15, 0.2) is 140 Å². The van der Waals surface area contributed by atoms with Gasteiger partial charge < -0.3 is 9.80 Å². The first kappa shape index (κ1) is 59.4. The van der Waals surface area contributed by atoms with Crippen LogP contribution in [0.25, 0.3) is 33.9 Å². The number of aromatic nitrogens is 2. The highest BCUT2D eigenvalue weighted by atomic mass is 15.2. The SMILES string of the molecule is CC(C)(C)c1ccc(N2c3ccc(C(C)(C)C)cc3B3c4cc(C(C)(C)C)ccc4N(c4ccc(C(C)(C)C)cc4)c4cc(-c5cc(-c6cc(C(C)(C)C)cc(C(C)(C)C)c6)nc(-c6cc(C(C)(C)C)cc(C(C)(C)C)c6)n5)cc2c43)cc1. The summed E-state index contributed by atoms with van der Waals surface area (Å²) < 4.78 is 0. The van der Waals surface area contributed by atoms with Crippen molar-refractivity contribution in [2.24, 2.45) is 0 Å². The third kappa shape index (κ3) is 11.5. The van der Waals surface area contributed by atoms with E-state index in [0.717, 1.165) is 56.7 Å².